The van der Waals surface area contributed by atoms with E-state index >= 15 is 0 Å². The summed E-state index contributed by atoms with van der Waals surface area (Å²) in [4.78, 5) is 8.82. The number of hydrogen-bond acceptors (Lipinski definition) is 7. The number of hydrogen-bond donors (Lipinski definition) is 2. The van der Waals surface area contributed by atoms with Crippen molar-refractivity contribution in [2.24, 2.45) is 12.2 Å². The van der Waals surface area contributed by atoms with Gasteiger partial charge in [-0.15, -0.1) is 0 Å². The summed E-state index contributed by atoms with van der Waals surface area (Å²) in [6.45, 7) is 0. The largest absolute Gasteiger partial charge is 0.457 e. The van der Waals surface area contributed by atoms with E-state index in [1.54, 1.807) is 18.3 Å². The van der Waals surface area contributed by atoms with E-state index in [-0.39, 0.29) is 0 Å². The van der Waals surface area contributed by atoms with Gasteiger partial charge in [-0.2, -0.15) is 0 Å². The third-order valence-electron chi connectivity index (χ3n) is 5.10. The second kappa shape index (κ2) is 9.33. The highest BCUT2D eigenvalue weighted by Gasteiger charge is 2.10. The molecule has 0 aliphatic heterocycles. The van der Waals surface area contributed by atoms with Crippen molar-refractivity contribution >= 4 is 28.9 Å². The van der Waals surface area contributed by atoms with Crippen molar-refractivity contribution in [3.05, 3.63) is 96.8 Å². The van der Waals surface area contributed by atoms with Gasteiger partial charge in [-0.1, -0.05) is 29.4 Å². The second-order valence-electron chi connectivity index (χ2n) is 7.48. The van der Waals surface area contributed by atoms with Crippen molar-refractivity contribution in [2.75, 3.05) is 5.32 Å². The first kappa shape index (κ1) is 21.0. The van der Waals surface area contributed by atoms with Gasteiger partial charge in [-0.25, -0.2) is 4.98 Å². The first-order valence-electron chi connectivity index (χ1n) is 10.6. The van der Waals surface area contributed by atoms with Crippen LogP contribution in [0.2, 0.25) is 0 Å². The maximum absolute atomic E-state index is 8.70. The predicted molar refractivity (Wildman–Crippen MR) is 131 cm³/mol. The smallest absolute Gasteiger partial charge is 0.208 e. The van der Waals surface area contributed by atoms with E-state index in [0.717, 1.165) is 28.2 Å². The zero-order valence-electron chi connectivity index (χ0n) is 18.3. The lowest BCUT2D eigenvalue weighted by molar-refractivity contribution is 0.321. The first-order valence-corrected chi connectivity index (χ1v) is 10.6. The van der Waals surface area contributed by atoms with E-state index < -0.39 is 0 Å². The van der Waals surface area contributed by atoms with Gasteiger partial charge in [-0.05, 0) is 42.5 Å². The number of aromatic nitrogens is 3. The normalized spacial score (nSPS) is 11.1. The lowest BCUT2D eigenvalue weighted by Crippen LogP contribution is -1.99. The predicted octanol–water partition coefficient (Wildman–Crippen LogP) is 6.10. The van der Waals surface area contributed by atoms with Gasteiger partial charge in [0.15, 0.2) is 0 Å². The lowest BCUT2D eigenvalue weighted by atomic mass is 10.3. The Morgan fingerprint density at radius 1 is 0.853 bits per heavy atom. The van der Waals surface area contributed by atoms with Gasteiger partial charge in [0, 0.05) is 37.1 Å². The molecule has 0 unspecified atom stereocenters. The molecule has 5 rings (SSSR count). The zero-order chi connectivity index (χ0) is 23.3. The Hall–Kier alpha value is -4.85. The van der Waals surface area contributed by atoms with Crippen molar-refractivity contribution in [1.29, 1.82) is 0 Å². The number of oxime groups is 1. The average Bonchev–Trinajstić information content (AvgIpc) is 3.15. The fourth-order valence-electron chi connectivity index (χ4n) is 3.50. The number of fused-ring (bicyclic) bond motifs is 1. The van der Waals surface area contributed by atoms with Gasteiger partial charge < -0.3 is 24.6 Å². The minimum atomic E-state index is 0.490. The number of nitrogens with zero attached hydrogens (tertiary/aromatic N) is 4. The number of anilines is 2. The van der Waals surface area contributed by atoms with Crippen LogP contribution in [0.5, 0.6) is 23.0 Å². The van der Waals surface area contributed by atoms with Gasteiger partial charge in [0.05, 0.1) is 22.9 Å². The summed E-state index contributed by atoms with van der Waals surface area (Å²) in [5.74, 6) is 3.41. The number of benzene rings is 3. The van der Waals surface area contributed by atoms with Crippen molar-refractivity contribution in [3.63, 3.8) is 0 Å². The number of pyridine rings is 1. The second-order valence-corrected chi connectivity index (χ2v) is 7.48. The Morgan fingerprint density at radius 3 is 2.47 bits per heavy atom. The van der Waals surface area contributed by atoms with Crippen LogP contribution in [0, 0.1) is 0 Å². The maximum atomic E-state index is 8.70. The molecule has 168 valence electrons. The molecule has 0 bridgehead atoms. The molecule has 0 fully saturated rings. The number of aryl methyl sites for hydroxylation is 1. The quantitative estimate of drug-likeness (QED) is 0.176. The van der Waals surface area contributed by atoms with Crippen LogP contribution in [0.25, 0.3) is 11.0 Å². The number of ether oxygens (including phenoxy) is 2. The van der Waals surface area contributed by atoms with E-state index in [0.29, 0.717) is 23.1 Å². The van der Waals surface area contributed by atoms with Gasteiger partial charge in [0.1, 0.15) is 23.0 Å². The van der Waals surface area contributed by atoms with E-state index in [9.17, 15) is 0 Å². The molecule has 0 saturated heterocycles. The topological polar surface area (TPSA) is 93.8 Å². The molecule has 3 aromatic carbocycles. The Morgan fingerprint density at radius 2 is 1.62 bits per heavy atom. The zero-order valence-corrected chi connectivity index (χ0v) is 18.3. The van der Waals surface area contributed by atoms with Gasteiger partial charge >= 0.3 is 0 Å². The molecule has 2 heterocycles. The van der Waals surface area contributed by atoms with Crippen molar-refractivity contribution in [1.82, 2.24) is 14.5 Å². The first-order chi connectivity index (χ1) is 16.7. The minimum Gasteiger partial charge on any atom is -0.457 e. The van der Waals surface area contributed by atoms with Crippen LogP contribution in [0.4, 0.5) is 11.6 Å². The molecule has 8 nitrogen and oxygen atoms in total. The molecule has 0 saturated carbocycles. The number of imidazole rings is 1. The SMILES string of the molecule is Cn1c(Nc2cccc(Oc3ccccc3)c2)nc2cc(Oc3ccnc(C=NO)c3)ccc21. The molecule has 8 heteroatoms. The van der Waals surface area contributed by atoms with Crippen LogP contribution >= 0.6 is 0 Å². The van der Waals surface area contributed by atoms with Crippen LogP contribution < -0.4 is 14.8 Å². The van der Waals surface area contributed by atoms with Gasteiger partial charge in [0.2, 0.25) is 5.95 Å². The molecule has 0 radical (unpaired) electrons. The highest BCUT2D eigenvalue weighted by atomic mass is 16.5. The molecule has 0 atom stereocenters. The Balaban J connectivity index is 1.36. The summed E-state index contributed by atoms with van der Waals surface area (Å²) >= 11 is 0. The number of rotatable bonds is 7. The summed E-state index contributed by atoms with van der Waals surface area (Å²) in [6.07, 6.45) is 2.83. The molecule has 0 amide bonds. The molecule has 0 aliphatic carbocycles. The molecule has 0 spiro atoms. The summed E-state index contributed by atoms with van der Waals surface area (Å²) in [5, 5.41) is 15.1. The molecule has 0 aliphatic rings. The maximum Gasteiger partial charge on any atom is 0.208 e. The molecular weight excluding hydrogens is 430 g/mol. The van der Waals surface area contributed by atoms with Gasteiger partial charge in [0.25, 0.3) is 0 Å². The minimum absolute atomic E-state index is 0.490. The van der Waals surface area contributed by atoms with Crippen LogP contribution in [-0.4, -0.2) is 26.0 Å². The Bertz CT molecular complexity index is 1460. The van der Waals surface area contributed by atoms with Gasteiger partial charge in [-0.3, -0.25) is 4.98 Å². The summed E-state index contributed by atoms with van der Waals surface area (Å²) in [6, 6.07) is 26.5. The fourth-order valence-corrected chi connectivity index (χ4v) is 3.50. The summed E-state index contributed by atoms with van der Waals surface area (Å²) < 4.78 is 13.9. The van der Waals surface area contributed by atoms with Crippen LogP contribution in [0.1, 0.15) is 5.69 Å². The monoisotopic (exact) mass is 451 g/mol. The fraction of sp³-hybridized carbons (Fsp3) is 0.0385. The standard InChI is InChI=1S/C26H21N5O3/c1-31-25-11-10-22(34-23-12-13-27-19(15-23)17-28-32)16-24(25)30-26(31)29-18-6-5-9-21(14-18)33-20-7-3-2-4-8-20/h2-17,32H,1H3,(H,29,30). The molecular formula is C26H21N5O3. The molecule has 34 heavy (non-hydrogen) atoms. The highest BCUT2D eigenvalue weighted by molar-refractivity contribution is 5.81. The van der Waals surface area contributed by atoms with Crippen molar-refractivity contribution in [3.8, 4) is 23.0 Å². The van der Waals surface area contributed by atoms with E-state index in [1.165, 1.54) is 6.21 Å². The van der Waals surface area contributed by atoms with Crippen molar-refractivity contribution in [2.45, 2.75) is 0 Å². The molecule has 2 N–H and O–H groups in total. The highest BCUT2D eigenvalue weighted by Crippen LogP contribution is 2.29. The summed E-state index contributed by atoms with van der Waals surface area (Å²) in [7, 11) is 1.95. The average molecular weight is 451 g/mol. The molecule has 5 aromatic rings. The third-order valence-corrected chi connectivity index (χ3v) is 5.10. The van der Waals surface area contributed by atoms with Crippen LogP contribution in [0.15, 0.2) is 96.3 Å². The summed E-state index contributed by atoms with van der Waals surface area (Å²) in [5.41, 5.74) is 3.09. The number of para-hydroxylation sites is 1. The van der Waals surface area contributed by atoms with E-state index in [2.05, 4.69) is 15.5 Å². The van der Waals surface area contributed by atoms with Crippen LogP contribution in [0.3, 0.4) is 0 Å². The Kier molecular flexibility index (Phi) is 5.77. The number of nitrogens with one attached hydrogen (secondary N) is 1. The third kappa shape index (κ3) is 4.66. The van der Waals surface area contributed by atoms with E-state index in [4.69, 9.17) is 19.7 Å². The van der Waals surface area contributed by atoms with Crippen LogP contribution in [-0.2, 0) is 7.05 Å². The Labute approximate surface area is 195 Å². The molecule has 2 aromatic heterocycles. The van der Waals surface area contributed by atoms with Crippen molar-refractivity contribution < 1.29 is 14.7 Å². The van der Waals surface area contributed by atoms with E-state index in [1.807, 2.05) is 84.4 Å². The lowest BCUT2D eigenvalue weighted by Gasteiger charge is -2.09.